The Labute approximate surface area is 43.9 Å². The van der Waals surface area contributed by atoms with Crippen LogP contribution in [0.3, 0.4) is 0 Å². The molecule has 1 nitrogen and oxygen atoms in total. The lowest BCUT2D eigenvalue weighted by molar-refractivity contribution is 0.529. The Balaban J connectivity index is 2.02. The van der Waals surface area contributed by atoms with Gasteiger partial charge in [-0.2, -0.15) is 0 Å². The van der Waals surface area contributed by atoms with Crippen LogP contribution in [0.25, 0.3) is 0 Å². The molecule has 2 fully saturated rings. The molecule has 0 aromatic carbocycles. The van der Waals surface area contributed by atoms with E-state index in [0.29, 0.717) is 0 Å². The van der Waals surface area contributed by atoms with Crippen molar-refractivity contribution in [1.29, 1.82) is 0 Å². The van der Waals surface area contributed by atoms with Crippen molar-refractivity contribution in [1.82, 2.24) is 0 Å². The van der Waals surface area contributed by atoms with Crippen LogP contribution in [0.2, 0.25) is 0 Å². The van der Waals surface area contributed by atoms with E-state index in [9.17, 15) is 0 Å². The Morgan fingerprint density at radius 1 is 1.86 bits per heavy atom. The maximum atomic E-state index is 5.44. The fourth-order valence-corrected chi connectivity index (χ4v) is 1.75. The number of rotatable bonds is 1. The average Bonchev–Trinajstić information content (AvgIpc) is 2.28. The largest absolute Gasteiger partial charge is 0.330 e. The minimum absolute atomic E-state index is 0.759. The van der Waals surface area contributed by atoms with E-state index in [0.717, 1.165) is 23.8 Å². The monoisotopic (exact) mass is 97.1 g/mol. The van der Waals surface area contributed by atoms with Crippen molar-refractivity contribution in [3.8, 4) is 0 Å². The first-order chi connectivity index (χ1) is 3.29. The minimum Gasteiger partial charge on any atom is -0.330 e. The minimum atomic E-state index is 0.759. The Kier molecular flexibility index (Phi) is 0.419. The highest BCUT2D eigenvalue weighted by Crippen LogP contribution is 2.79. The first-order valence-corrected chi connectivity index (χ1v) is 2.99. The molecule has 3 unspecified atom stereocenters. The van der Waals surface area contributed by atoms with Gasteiger partial charge in [0.25, 0.3) is 0 Å². The molecule has 1 heteroatoms. The topological polar surface area (TPSA) is 26.0 Å². The highest BCUT2D eigenvalue weighted by Gasteiger charge is 2.74. The smallest absolute Gasteiger partial charge is 0.00407 e. The maximum absolute atomic E-state index is 5.44. The lowest BCUT2D eigenvalue weighted by atomic mass is 10.1. The Morgan fingerprint density at radius 2 is 2.43 bits per heavy atom. The van der Waals surface area contributed by atoms with Gasteiger partial charge >= 0.3 is 0 Å². The summed E-state index contributed by atoms with van der Waals surface area (Å²) in [5.41, 5.74) is 6.20. The standard InChI is InChI=1S/C6H11N/c1-6-2-4(6)5(6)3-7/h4-5H,2-3,7H2,1H3. The molecule has 0 heterocycles. The van der Waals surface area contributed by atoms with Crippen LogP contribution in [0.5, 0.6) is 0 Å². The van der Waals surface area contributed by atoms with Crippen LogP contribution >= 0.6 is 0 Å². The summed E-state index contributed by atoms with van der Waals surface area (Å²) in [5.74, 6) is 1.98. The van der Waals surface area contributed by atoms with Crippen molar-refractivity contribution < 1.29 is 0 Å². The van der Waals surface area contributed by atoms with Gasteiger partial charge in [0, 0.05) is 0 Å². The van der Waals surface area contributed by atoms with Gasteiger partial charge in [0.05, 0.1) is 0 Å². The van der Waals surface area contributed by atoms with E-state index in [2.05, 4.69) is 6.92 Å². The van der Waals surface area contributed by atoms with Gasteiger partial charge < -0.3 is 5.73 Å². The van der Waals surface area contributed by atoms with Crippen LogP contribution in [0.15, 0.2) is 0 Å². The highest BCUT2D eigenvalue weighted by molar-refractivity contribution is 5.22. The van der Waals surface area contributed by atoms with Gasteiger partial charge in [-0.25, -0.2) is 0 Å². The van der Waals surface area contributed by atoms with E-state index in [-0.39, 0.29) is 0 Å². The summed E-state index contributed by atoms with van der Waals surface area (Å²) in [4.78, 5) is 0. The molecule has 2 aliphatic rings. The van der Waals surface area contributed by atoms with Crippen molar-refractivity contribution >= 4 is 0 Å². The van der Waals surface area contributed by atoms with E-state index >= 15 is 0 Å². The van der Waals surface area contributed by atoms with Gasteiger partial charge in [0.15, 0.2) is 0 Å². The van der Waals surface area contributed by atoms with Crippen LogP contribution in [0, 0.1) is 17.3 Å². The van der Waals surface area contributed by atoms with Crippen molar-refractivity contribution in [2.75, 3.05) is 6.54 Å². The number of fused-ring (bicyclic) bond motifs is 1. The molecule has 0 radical (unpaired) electrons. The van der Waals surface area contributed by atoms with Crippen molar-refractivity contribution in [2.45, 2.75) is 13.3 Å². The zero-order valence-corrected chi connectivity index (χ0v) is 4.65. The molecule has 2 N–H and O–H groups in total. The average molecular weight is 97.2 g/mol. The number of hydrogen-bond acceptors (Lipinski definition) is 1. The fraction of sp³-hybridized carbons (Fsp3) is 1.00. The number of hydrogen-bond donors (Lipinski definition) is 1. The molecule has 0 aliphatic heterocycles. The molecule has 0 aromatic heterocycles. The summed E-state index contributed by atoms with van der Waals surface area (Å²) in [6.45, 7) is 3.27. The van der Waals surface area contributed by atoms with Gasteiger partial charge in [-0.05, 0) is 30.2 Å². The quantitative estimate of drug-likeness (QED) is 0.509. The summed E-state index contributed by atoms with van der Waals surface area (Å²) in [5, 5.41) is 0. The van der Waals surface area contributed by atoms with Crippen molar-refractivity contribution in [3.63, 3.8) is 0 Å². The molecule has 0 spiro atoms. The third-order valence-corrected chi connectivity index (χ3v) is 2.82. The molecule has 3 atom stereocenters. The predicted octanol–water partition coefficient (Wildman–Crippen LogP) is 0.601. The van der Waals surface area contributed by atoms with E-state index in [1.165, 1.54) is 6.42 Å². The second-order valence-corrected chi connectivity index (χ2v) is 3.16. The third kappa shape index (κ3) is 0.260. The van der Waals surface area contributed by atoms with Gasteiger partial charge in [0.1, 0.15) is 0 Å². The Morgan fingerprint density at radius 3 is 2.43 bits per heavy atom. The molecular weight excluding hydrogens is 86.1 g/mol. The maximum Gasteiger partial charge on any atom is -0.00407 e. The Bertz CT molecular complexity index is 111. The molecular formula is C6H11N. The second-order valence-electron chi connectivity index (χ2n) is 3.16. The molecule has 2 saturated carbocycles. The zero-order chi connectivity index (χ0) is 5.07. The van der Waals surface area contributed by atoms with Gasteiger partial charge in [-0.15, -0.1) is 0 Å². The zero-order valence-electron chi connectivity index (χ0n) is 4.65. The van der Waals surface area contributed by atoms with Crippen molar-refractivity contribution in [2.24, 2.45) is 23.0 Å². The lowest BCUT2D eigenvalue weighted by Crippen LogP contribution is -2.09. The van der Waals surface area contributed by atoms with E-state index in [4.69, 9.17) is 5.73 Å². The highest BCUT2D eigenvalue weighted by atomic mass is 14.8. The van der Waals surface area contributed by atoms with Crippen LogP contribution in [-0.4, -0.2) is 6.54 Å². The molecule has 7 heavy (non-hydrogen) atoms. The number of nitrogens with two attached hydrogens (primary N) is 1. The summed E-state index contributed by atoms with van der Waals surface area (Å²) in [6, 6.07) is 0. The SMILES string of the molecule is CC12CC1C2CN. The Hall–Kier alpha value is -0.0400. The summed E-state index contributed by atoms with van der Waals surface area (Å²) in [7, 11) is 0. The molecule has 40 valence electrons. The van der Waals surface area contributed by atoms with E-state index in [1.807, 2.05) is 0 Å². The molecule has 2 rings (SSSR count). The van der Waals surface area contributed by atoms with Gasteiger partial charge in [-0.1, -0.05) is 6.92 Å². The molecule has 2 aliphatic carbocycles. The summed E-state index contributed by atoms with van der Waals surface area (Å²) in [6.07, 6.45) is 1.47. The van der Waals surface area contributed by atoms with Gasteiger partial charge in [0.2, 0.25) is 0 Å². The molecule has 0 amide bonds. The second kappa shape index (κ2) is 0.752. The predicted molar refractivity (Wildman–Crippen MR) is 28.8 cm³/mol. The van der Waals surface area contributed by atoms with Crippen LogP contribution in [0.1, 0.15) is 13.3 Å². The molecule has 0 aromatic rings. The first kappa shape index (κ1) is 3.90. The van der Waals surface area contributed by atoms with E-state index in [1.54, 1.807) is 0 Å². The van der Waals surface area contributed by atoms with E-state index < -0.39 is 0 Å². The summed E-state index contributed by atoms with van der Waals surface area (Å²) >= 11 is 0. The lowest BCUT2D eigenvalue weighted by Gasteiger charge is -1.99. The van der Waals surface area contributed by atoms with Crippen molar-refractivity contribution in [3.05, 3.63) is 0 Å². The van der Waals surface area contributed by atoms with Gasteiger partial charge in [-0.3, -0.25) is 0 Å². The van der Waals surface area contributed by atoms with Crippen LogP contribution in [-0.2, 0) is 0 Å². The normalized spacial score (nSPS) is 64.3. The fourth-order valence-electron chi connectivity index (χ4n) is 1.75. The molecule has 0 bridgehead atoms. The first-order valence-electron chi connectivity index (χ1n) is 2.99. The molecule has 0 saturated heterocycles. The third-order valence-electron chi connectivity index (χ3n) is 2.82. The summed E-state index contributed by atoms with van der Waals surface area (Å²) < 4.78 is 0. The van der Waals surface area contributed by atoms with Crippen LogP contribution in [0.4, 0.5) is 0 Å². The van der Waals surface area contributed by atoms with Crippen LogP contribution < -0.4 is 5.73 Å².